The van der Waals surface area contributed by atoms with E-state index < -0.39 is 0 Å². The Morgan fingerprint density at radius 2 is 2.35 bits per heavy atom. The Kier molecular flexibility index (Phi) is 4.34. The number of ether oxygens (including phenoxy) is 1. The van der Waals surface area contributed by atoms with Crippen LogP contribution in [0.4, 0.5) is 5.82 Å². The fourth-order valence-electron chi connectivity index (χ4n) is 1.98. The topological polar surface area (TPSA) is 38.2 Å². The van der Waals surface area contributed by atoms with Gasteiger partial charge in [0, 0.05) is 30.2 Å². The Bertz CT molecular complexity index is 386. The number of hydrogen-bond acceptors (Lipinski definition) is 4. The number of nitrogens with zero attached hydrogens (tertiary/aromatic N) is 3. The molecular formula is C12H18BrN3O. The molecule has 0 amide bonds. The van der Waals surface area contributed by atoms with Gasteiger partial charge in [-0.3, -0.25) is 0 Å². The maximum Gasteiger partial charge on any atom is 0.132 e. The molecule has 0 aromatic carbocycles. The summed E-state index contributed by atoms with van der Waals surface area (Å²) in [6.07, 6.45) is 1.20. The minimum atomic E-state index is 0.254. The maximum atomic E-state index is 5.63. The largest absolute Gasteiger partial charge is 0.374 e. The van der Waals surface area contributed by atoms with Gasteiger partial charge in [-0.25, -0.2) is 9.97 Å². The number of halogens is 1. The zero-order chi connectivity index (χ0) is 12.3. The van der Waals surface area contributed by atoms with E-state index in [0.29, 0.717) is 0 Å². The van der Waals surface area contributed by atoms with Crippen LogP contribution in [0.15, 0.2) is 6.07 Å². The molecule has 2 rings (SSSR count). The van der Waals surface area contributed by atoms with Crippen LogP contribution in [0, 0.1) is 6.92 Å². The van der Waals surface area contributed by atoms with Gasteiger partial charge >= 0.3 is 0 Å². The molecule has 1 atom stereocenters. The molecular weight excluding hydrogens is 282 g/mol. The summed E-state index contributed by atoms with van der Waals surface area (Å²) >= 11 is 3.47. The lowest BCUT2D eigenvalue weighted by molar-refractivity contribution is 0.0568. The van der Waals surface area contributed by atoms with Gasteiger partial charge in [0.1, 0.15) is 11.6 Å². The molecule has 2 heterocycles. The van der Waals surface area contributed by atoms with Gasteiger partial charge in [-0.1, -0.05) is 22.9 Å². The van der Waals surface area contributed by atoms with Gasteiger partial charge in [0.2, 0.25) is 0 Å². The second-order valence-electron chi connectivity index (χ2n) is 4.21. The fraction of sp³-hybridized carbons (Fsp3) is 0.667. The van der Waals surface area contributed by atoms with Crippen LogP contribution in [-0.2, 0) is 11.2 Å². The Morgan fingerprint density at radius 1 is 1.53 bits per heavy atom. The van der Waals surface area contributed by atoms with Gasteiger partial charge in [-0.15, -0.1) is 0 Å². The van der Waals surface area contributed by atoms with E-state index in [0.717, 1.165) is 48.8 Å². The standard InChI is InChI=1S/C12H18BrN3O/c1-3-10-6-12(15-9(2)14-10)16-4-5-17-11(7-13)8-16/h6,11H,3-5,7-8H2,1-2H3. The van der Waals surface area contributed by atoms with E-state index >= 15 is 0 Å². The van der Waals surface area contributed by atoms with Crippen molar-refractivity contribution in [3.8, 4) is 0 Å². The summed E-state index contributed by atoms with van der Waals surface area (Å²) in [6, 6.07) is 2.09. The number of alkyl halides is 1. The Morgan fingerprint density at radius 3 is 3.06 bits per heavy atom. The van der Waals surface area contributed by atoms with Crippen LogP contribution in [-0.4, -0.2) is 41.1 Å². The Hall–Kier alpha value is -0.680. The lowest BCUT2D eigenvalue weighted by Gasteiger charge is -2.33. The van der Waals surface area contributed by atoms with Crippen molar-refractivity contribution in [2.24, 2.45) is 0 Å². The van der Waals surface area contributed by atoms with Crippen molar-refractivity contribution >= 4 is 21.7 Å². The number of anilines is 1. The van der Waals surface area contributed by atoms with E-state index in [4.69, 9.17) is 4.74 Å². The van der Waals surface area contributed by atoms with Crippen molar-refractivity contribution in [3.63, 3.8) is 0 Å². The number of rotatable bonds is 3. The van der Waals surface area contributed by atoms with Gasteiger partial charge < -0.3 is 9.64 Å². The summed E-state index contributed by atoms with van der Waals surface area (Å²) in [6.45, 7) is 6.63. The average Bonchev–Trinajstić information content (AvgIpc) is 2.38. The van der Waals surface area contributed by atoms with Crippen LogP contribution in [0.25, 0.3) is 0 Å². The highest BCUT2D eigenvalue weighted by molar-refractivity contribution is 9.09. The van der Waals surface area contributed by atoms with Crippen LogP contribution in [0.2, 0.25) is 0 Å². The SMILES string of the molecule is CCc1cc(N2CCOC(CBr)C2)nc(C)n1. The van der Waals surface area contributed by atoms with Crippen molar-refractivity contribution in [2.75, 3.05) is 29.9 Å². The van der Waals surface area contributed by atoms with E-state index in [1.165, 1.54) is 0 Å². The summed E-state index contributed by atoms with van der Waals surface area (Å²) < 4.78 is 5.63. The van der Waals surface area contributed by atoms with E-state index in [9.17, 15) is 0 Å². The van der Waals surface area contributed by atoms with Crippen LogP contribution in [0.1, 0.15) is 18.4 Å². The predicted octanol–water partition coefficient (Wildman–Crippen LogP) is 1.95. The highest BCUT2D eigenvalue weighted by atomic mass is 79.9. The molecule has 1 aromatic rings. The summed E-state index contributed by atoms with van der Waals surface area (Å²) in [4.78, 5) is 11.2. The van der Waals surface area contributed by atoms with Crippen LogP contribution >= 0.6 is 15.9 Å². The summed E-state index contributed by atoms with van der Waals surface area (Å²) in [5.74, 6) is 1.88. The molecule has 1 aliphatic heterocycles. The van der Waals surface area contributed by atoms with Gasteiger partial charge in [0.25, 0.3) is 0 Å². The smallest absolute Gasteiger partial charge is 0.132 e. The summed E-state index contributed by atoms with van der Waals surface area (Å²) in [7, 11) is 0. The molecule has 0 bridgehead atoms. The van der Waals surface area contributed by atoms with E-state index in [1.807, 2.05) is 6.92 Å². The molecule has 0 radical (unpaired) electrons. The third-order valence-corrected chi connectivity index (χ3v) is 3.60. The van der Waals surface area contributed by atoms with Crippen molar-refractivity contribution in [1.82, 2.24) is 9.97 Å². The first kappa shape index (κ1) is 12.8. The predicted molar refractivity (Wildman–Crippen MR) is 71.9 cm³/mol. The van der Waals surface area contributed by atoms with Gasteiger partial charge in [0.15, 0.2) is 0 Å². The average molecular weight is 300 g/mol. The molecule has 1 fully saturated rings. The van der Waals surface area contributed by atoms with Crippen molar-refractivity contribution in [2.45, 2.75) is 26.4 Å². The maximum absolute atomic E-state index is 5.63. The molecule has 0 spiro atoms. The van der Waals surface area contributed by atoms with Gasteiger partial charge in [0.05, 0.1) is 12.7 Å². The van der Waals surface area contributed by atoms with E-state index in [1.54, 1.807) is 0 Å². The normalized spacial score (nSPS) is 20.6. The van der Waals surface area contributed by atoms with Crippen LogP contribution in [0.5, 0.6) is 0 Å². The molecule has 4 nitrogen and oxygen atoms in total. The highest BCUT2D eigenvalue weighted by Crippen LogP contribution is 2.17. The molecule has 0 saturated carbocycles. The van der Waals surface area contributed by atoms with E-state index in [2.05, 4.69) is 43.8 Å². The molecule has 0 N–H and O–H groups in total. The van der Waals surface area contributed by atoms with Crippen LogP contribution < -0.4 is 4.90 Å². The zero-order valence-electron chi connectivity index (χ0n) is 10.3. The molecule has 1 aliphatic rings. The third kappa shape index (κ3) is 3.16. The second-order valence-corrected chi connectivity index (χ2v) is 4.86. The van der Waals surface area contributed by atoms with E-state index in [-0.39, 0.29) is 6.10 Å². The molecule has 94 valence electrons. The molecule has 17 heavy (non-hydrogen) atoms. The minimum Gasteiger partial charge on any atom is -0.374 e. The first-order valence-corrected chi connectivity index (χ1v) is 7.12. The number of aryl methyl sites for hydroxylation is 2. The van der Waals surface area contributed by atoms with Gasteiger partial charge in [-0.2, -0.15) is 0 Å². The van der Waals surface area contributed by atoms with Crippen LogP contribution in [0.3, 0.4) is 0 Å². The molecule has 1 saturated heterocycles. The van der Waals surface area contributed by atoms with Gasteiger partial charge in [-0.05, 0) is 13.3 Å². The minimum absolute atomic E-state index is 0.254. The second kappa shape index (κ2) is 5.78. The number of aromatic nitrogens is 2. The first-order valence-electron chi connectivity index (χ1n) is 6.00. The monoisotopic (exact) mass is 299 g/mol. The van der Waals surface area contributed by atoms with Crippen molar-refractivity contribution < 1.29 is 4.74 Å². The Labute approximate surface area is 111 Å². The summed E-state index contributed by atoms with van der Waals surface area (Å²) in [5, 5.41) is 0.869. The number of morpholine rings is 1. The lowest BCUT2D eigenvalue weighted by Crippen LogP contribution is -2.43. The number of hydrogen-bond donors (Lipinski definition) is 0. The first-order chi connectivity index (χ1) is 8.22. The molecule has 1 unspecified atom stereocenters. The lowest BCUT2D eigenvalue weighted by atomic mass is 10.2. The van der Waals surface area contributed by atoms with Crippen molar-refractivity contribution in [3.05, 3.63) is 17.6 Å². The molecule has 0 aliphatic carbocycles. The Balaban J connectivity index is 2.18. The zero-order valence-corrected chi connectivity index (χ0v) is 11.9. The highest BCUT2D eigenvalue weighted by Gasteiger charge is 2.21. The third-order valence-electron chi connectivity index (χ3n) is 2.87. The quantitative estimate of drug-likeness (QED) is 0.800. The summed E-state index contributed by atoms with van der Waals surface area (Å²) in [5.41, 5.74) is 1.11. The fourth-order valence-corrected chi connectivity index (χ4v) is 2.37. The van der Waals surface area contributed by atoms with Crippen molar-refractivity contribution in [1.29, 1.82) is 0 Å². The molecule has 1 aromatic heterocycles. The molecule has 5 heteroatoms.